The molecule has 2 heterocycles. The van der Waals surface area contributed by atoms with E-state index >= 15 is 0 Å². The molecule has 0 unspecified atom stereocenters. The molecule has 2 fully saturated rings. The molecule has 2 aliphatic rings. The quantitative estimate of drug-likeness (QED) is 0.387. The van der Waals surface area contributed by atoms with Gasteiger partial charge in [-0.1, -0.05) is 0 Å². The smallest absolute Gasteiger partial charge is 0.449 e. The van der Waals surface area contributed by atoms with Crippen molar-refractivity contribution in [3.8, 4) is 5.75 Å². The Morgan fingerprint density at radius 3 is 2.20 bits per heavy atom. The Bertz CT molecular complexity index is 470. The number of hydrogen-bond donors (Lipinski definition) is 1. The lowest BCUT2D eigenvalue weighted by atomic mass is 10.1. The molecule has 1 aromatic rings. The highest BCUT2D eigenvalue weighted by atomic mass is 16.7. The van der Waals surface area contributed by atoms with E-state index in [1.165, 1.54) is 44.6 Å². The third-order valence-corrected chi connectivity index (χ3v) is 3.48. The Hall–Kier alpha value is -2.15. The second-order valence-corrected chi connectivity index (χ2v) is 4.86. The van der Waals surface area contributed by atoms with Gasteiger partial charge < -0.3 is 14.7 Å². The van der Waals surface area contributed by atoms with Crippen LogP contribution in [-0.2, 0) is 0 Å². The largest absolute Gasteiger partial charge is 0.511 e. The molecule has 0 spiro atoms. The number of carboxylic acid groups (broad SMARTS) is 1. The van der Waals surface area contributed by atoms with Crippen LogP contribution in [0.5, 0.6) is 5.75 Å². The van der Waals surface area contributed by atoms with Crippen molar-refractivity contribution in [2.75, 3.05) is 19.6 Å². The van der Waals surface area contributed by atoms with Crippen molar-refractivity contribution in [1.82, 2.24) is 4.90 Å². The summed E-state index contributed by atoms with van der Waals surface area (Å²) in [4.78, 5) is 22.2. The number of rotatable bonds is 2. The Kier molecular flexibility index (Phi) is 4.52. The molecule has 0 atom stereocenters. The van der Waals surface area contributed by atoms with Gasteiger partial charge in [-0.2, -0.15) is 0 Å². The molecule has 2 saturated heterocycles. The van der Waals surface area contributed by atoms with Crippen molar-refractivity contribution in [3.63, 3.8) is 0 Å². The fourth-order valence-corrected chi connectivity index (χ4v) is 2.45. The topological polar surface area (TPSA) is 92.9 Å². The summed E-state index contributed by atoms with van der Waals surface area (Å²) in [5, 5.41) is 18.4. The third-order valence-electron chi connectivity index (χ3n) is 3.48. The number of hydrogen-bond acceptors (Lipinski definition) is 5. The Morgan fingerprint density at radius 2 is 1.90 bits per heavy atom. The molecule has 7 nitrogen and oxygen atoms in total. The molecule has 0 radical (unpaired) electrons. The van der Waals surface area contributed by atoms with Gasteiger partial charge in [0.1, 0.15) is 5.75 Å². The summed E-state index contributed by atoms with van der Waals surface area (Å²) in [6.45, 7) is 4.20. The predicted octanol–water partition coefficient (Wildman–Crippen LogP) is 2.36. The lowest BCUT2D eigenvalue weighted by molar-refractivity contribution is -0.384. The molecule has 0 aliphatic carbocycles. The van der Waals surface area contributed by atoms with Crippen molar-refractivity contribution in [3.05, 3.63) is 34.4 Å². The number of nitro benzene ring substituents is 1. The second-order valence-electron chi connectivity index (χ2n) is 4.86. The number of nitrogens with zero attached hydrogens (tertiary/aromatic N) is 2. The zero-order chi connectivity index (χ0) is 14.5. The number of non-ortho nitro benzene ring substituents is 1. The predicted molar refractivity (Wildman–Crippen MR) is 70.9 cm³/mol. The van der Waals surface area contributed by atoms with Crippen LogP contribution in [0.25, 0.3) is 0 Å². The van der Waals surface area contributed by atoms with E-state index in [-0.39, 0.29) is 11.4 Å². The number of fused-ring (bicyclic) bond motifs is 2. The molecule has 20 heavy (non-hydrogen) atoms. The Balaban J connectivity index is 0.000000173. The first-order valence-electron chi connectivity index (χ1n) is 6.42. The molecular weight excluding hydrogens is 264 g/mol. The summed E-state index contributed by atoms with van der Waals surface area (Å²) in [5.74, 6) is 1.15. The summed E-state index contributed by atoms with van der Waals surface area (Å²) >= 11 is 0. The summed E-state index contributed by atoms with van der Waals surface area (Å²) in [6, 6.07) is 4.76. The van der Waals surface area contributed by atoms with Crippen molar-refractivity contribution in [2.45, 2.75) is 12.8 Å². The van der Waals surface area contributed by atoms with Gasteiger partial charge in [0.25, 0.3) is 5.69 Å². The lowest BCUT2D eigenvalue weighted by Gasteiger charge is -2.09. The van der Waals surface area contributed by atoms with Crippen LogP contribution < -0.4 is 4.74 Å². The van der Waals surface area contributed by atoms with Crippen LogP contribution >= 0.6 is 0 Å². The summed E-state index contributed by atoms with van der Waals surface area (Å²) in [5.41, 5.74) is -0.113. The van der Waals surface area contributed by atoms with Crippen molar-refractivity contribution < 1.29 is 19.6 Å². The average molecular weight is 280 g/mol. The van der Waals surface area contributed by atoms with E-state index in [1.54, 1.807) is 0 Å². The molecule has 1 N–H and O–H groups in total. The monoisotopic (exact) mass is 280 g/mol. The highest BCUT2D eigenvalue weighted by molar-refractivity contribution is 5.61. The van der Waals surface area contributed by atoms with E-state index in [0.29, 0.717) is 0 Å². The van der Waals surface area contributed by atoms with Gasteiger partial charge in [-0.05, 0) is 44.0 Å². The number of carbonyl (C=O) groups is 1. The van der Waals surface area contributed by atoms with Gasteiger partial charge in [0.2, 0.25) is 0 Å². The fraction of sp³-hybridized carbons (Fsp3) is 0.462. The normalized spacial score (nSPS) is 22.8. The van der Waals surface area contributed by atoms with E-state index in [4.69, 9.17) is 5.11 Å². The first-order chi connectivity index (χ1) is 9.54. The maximum atomic E-state index is 10.2. The van der Waals surface area contributed by atoms with Crippen molar-refractivity contribution in [1.29, 1.82) is 0 Å². The minimum absolute atomic E-state index is 0.0538. The number of piperidine rings is 1. The van der Waals surface area contributed by atoms with Gasteiger partial charge >= 0.3 is 6.16 Å². The molecule has 108 valence electrons. The summed E-state index contributed by atoms with van der Waals surface area (Å²) < 4.78 is 4.24. The molecule has 7 heteroatoms. The standard InChI is InChI=1S/C7H5NO5.C6H11N/c9-7(10)13-6-3-1-5(2-4-6)8(11)12;1-3-7-4-2-6(1)5-7/h1-4H,(H,9,10);6H,1-5H2. The highest BCUT2D eigenvalue weighted by Crippen LogP contribution is 2.26. The number of nitro groups is 1. The lowest BCUT2D eigenvalue weighted by Crippen LogP contribution is -2.15. The minimum Gasteiger partial charge on any atom is -0.449 e. The van der Waals surface area contributed by atoms with Crippen LogP contribution in [0, 0.1) is 16.0 Å². The molecule has 0 aromatic heterocycles. The molecule has 2 aliphatic heterocycles. The van der Waals surface area contributed by atoms with Crippen LogP contribution in [0.3, 0.4) is 0 Å². The molecule has 3 rings (SSSR count). The van der Waals surface area contributed by atoms with Crippen LogP contribution in [0.4, 0.5) is 10.5 Å². The maximum Gasteiger partial charge on any atom is 0.511 e. The Morgan fingerprint density at radius 1 is 1.30 bits per heavy atom. The highest BCUT2D eigenvalue weighted by Gasteiger charge is 2.28. The number of benzene rings is 1. The first-order valence-corrected chi connectivity index (χ1v) is 6.42. The molecule has 0 saturated carbocycles. The van der Waals surface area contributed by atoms with E-state index in [2.05, 4.69) is 9.64 Å². The zero-order valence-electron chi connectivity index (χ0n) is 10.9. The van der Waals surface area contributed by atoms with Gasteiger partial charge in [-0.3, -0.25) is 10.1 Å². The maximum absolute atomic E-state index is 10.2. The van der Waals surface area contributed by atoms with E-state index < -0.39 is 11.1 Å². The van der Waals surface area contributed by atoms with Gasteiger partial charge in [-0.15, -0.1) is 0 Å². The van der Waals surface area contributed by atoms with Crippen LogP contribution in [0.1, 0.15) is 12.8 Å². The first kappa shape index (κ1) is 14.3. The van der Waals surface area contributed by atoms with Crippen LogP contribution in [-0.4, -0.2) is 40.7 Å². The Labute approximate surface area is 115 Å². The second kappa shape index (κ2) is 6.33. The molecule has 1 aromatic carbocycles. The molecule has 2 bridgehead atoms. The molecule has 0 amide bonds. The van der Waals surface area contributed by atoms with Gasteiger partial charge in [-0.25, -0.2) is 4.79 Å². The van der Waals surface area contributed by atoms with Gasteiger partial charge in [0, 0.05) is 18.7 Å². The van der Waals surface area contributed by atoms with E-state index in [9.17, 15) is 14.9 Å². The van der Waals surface area contributed by atoms with Gasteiger partial charge in [0.15, 0.2) is 0 Å². The fourth-order valence-electron chi connectivity index (χ4n) is 2.45. The third kappa shape index (κ3) is 3.92. The molecular formula is C13H16N2O5. The minimum atomic E-state index is -1.45. The summed E-state index contributed by atoms with van der Waals surface area (Å²) in [6.07, 6.45) is 1.52. The number of ether oxygens (including phenoxy) is 1. The van der Waals surface area contributed by atoms with E-state index in [1.807, 2.05) is 0 Å². The van der Waals surface area contributed by atoms with Crippen LogP contribution in [0.15, 0.2) is 24.3 Å². The van der Waals surface area contributed by atoms with E-state index in [0.717, 1.165) is 18.1 Å². The van der Waals surface area contributed by atoms with Gasteiger partial charge in [0.05, 0.1) is 4.92 Å². The average Bonchev–Trinajstić information content (AvgIpc) is 3.04. The SMILES string of the molecule is C1CN2CCC1C2.O=C(O)Oc1ccc([N+](=O)[O-])cc1. The van der Waals surface area contributed by atoms with Crippen molar-refractivity contribution >= 4 is 11.8 Å². The zero-order valence-corrected chi connectivity index (χ0v) is 10.9. The van der Waals surface area contributed by atoms with Crippen LogP contribution in [0.2, 0.25) is 0 Å². The summed E-state index contributed by atoms with van der Waals surface area (Å²) in [7, 11) is 0. The van der Waals surface area contributed by atoms with Crippen molar-refractivity contribution in [2.24, 2.45) is 5.92 Å².